The molecule has 1 aliphatic heterocycles. The van der Waals surface area contributed by atoms with Crippen LogP contribution in [-0.4, -0.2) is 17.2 Å². The Morgan fingerprint density at radius 3 is 2.60 bits per heavy atom. The van der Waals surface area contributed by atoms with Gasteiger partial charge < -0.3 is 9.84 Å². The van der Waals surface area contributed by atoms with E-state index in [1.807, 2.05) is 0 Å². The van der Waals surface area contributed by atoms with Gasteiger partial charge in [-0.15, -0.1) is 0 Å². The number of carbonyl (C=O) groups excluding carboxylic acids is 1. The third-order valence-corrected chi connectivity index (χ3v) is 4.48. The second kappa shape index (κ2) is 6.89. The lowest BCUT2D eigenvalue weighted by Gasteiger charge is -2.16. The van der Waals surface area contributed by atoms with Crippen molar-refractivity contribution in [1.29, 1.82) is 0 Å². The van der Waals surface area contributed by atoms with Gasteiger partial charge in [-0.05, 0) is 32.9 Å². The maximum absolute atomic E-state index is 13.9. The highest BCUT2D eigenvalue weighted by atomic mass is 19.1. The van der Waals surface area contributed by atoms with Crippen LogP contribution < -0.4 is 16.2 Å². The SMILES string of the molecule is Cc1noc(C)c1C(C)C(=O)NC1CC(c2c(F)cccc2F)NN1. The van der Waals surface area contributed by atoms with Crippen LogP contribution in [-0.2, 0) is 4.79 Å². The monoisotopic (exact) mass is 350 g/mol. The Bertz CT molecular complexity index is 753. The summed E-state index contributed by atoms with van der Waals surface area (Å²) in [4.78, 5) is 12.5. The highest BCUT2D eigenvalue weighted by Gasteiger charge is 2.32. The highest BCUT2D eigenvalue weighted by Crippen LogP contribution is 2.27. The number of hydrazine groups is 1. The lowest BCUT2D eigenvalue weighted by atomic mass is 9.98. The van der Waals surface area contributed by atoms with E-state index in [4.69, 9.17) is 4.52 Å². The van der Waals surface area contributed by atoms with Crippen LogP contribution in [0.25, 0.3) is 0 Å². The molecular weight excluding hydrogens is 330 g/mol. The van der Waals surface area contributed by atoms with E-state index in [1.165, 1.54) is 18.2 Å². The minimum atomic E-state index is -0.615. The second-order valence-corrected chi connectivity index (χ2v) is 6.23. The van der Waals surface area contributed by atoms with Crippen molar-refractivity contribution in [3.8, 4) is 0 Å². The van der Waals surface area contributed by atoms with Gasteiger partial charge in [-0.2, -0.15) is 0 Å². The van der Waals surface area contributed by atoms with Gasteiger partial charge in [0.1, 0.15) is 17.4 Å². The van der Waals surface area contributed by atoms with Crippen molar-refractivity contribution in [3.63, 3.8) is 0 Å². The fraction of sp³-hybridized carbons (Fsp3) is 0.412. The van der Waals surface area contributed by atoms with Gasteiger partial charge in [0.25, 0.3) is 0 Å². The summed E-state index contributed by atoms with van der Waals surface area (Å²) in [7, 11) is 0. The largest absolute Gasteiger partial charge is 0.361 e. The summed E-state index contributed by atoms with van der Waals surface area (Å²) < 4.78 is 32.9. The molecule has 1 aromatic heterocycles. The van der Waals surface area contributed by atoms with Crippen molar-refractivity contribution in [1.82, 2.24) is 21.3 Å². The van der Waals surface area contributed by atoms with E-state index in [9.17, 15) is 13.6 Å². The van der Waals surface area contributed by atoms with Crippen LogP contribution in [0.4, 0.5) is 8.78 Å². The number of aryl methyl sites for hydroxylation is 2. The molecule has 1 fully saturated rings. The van der Waals surface area contributed by atoms with Gasteiger partial charge in [-0.25, -0.2) is 19.6 Å². The van der Waals surface area contributed by atoms with Crippen molar-refractivity contribution >= 4 is 5.91 Å². The Hall–Kier alpha value is -2.32. The molecule has 3 unspecified atom stereocenters. The Labute approximate surface area is 143 Å². The summed E-state index contributed by atoms with van der Waals surface area (Å²) in [6.07, 6.45) is -0.128. The molecule has 134 valence electrons. The molecule has 3 rings (SSSR count). The number of hydrogen-bond donors (Lipinski definition) is 3. The smallest absolute Gasteiger partial charge is 0.228 e. The van der Waals surface area contributed by atoms with Crippen LogP contribution in [0, 0.1) is 25.5 Å². The standard InChI is InChI=1S/C17H20F2N4O2/c1-8(15-9(2)23-25-10(15)3)17(24)20-14-7-13(21-22-14)16-11(18)5-4-6-12(16)19/h4-6,8,13-14,21-22H,7H2,1-3H3,(H,20,24). The molecule has 0 spiro atoms. The van der Waals surface area contributed by atoms with Gasteiger partial charge in [-0.1, -0.05) is 11.2 Å². The molecule has 0 aliphatic carbocycles. The summed E-state index contributed by atoms with van der Waals surface area (Å²) in [6.45, 7) is 5.30. The zero-order chi connectivity index (χ0) is 18.1. The summed E-state index contributed by atoms with van der Waals surface area (Å²) in [5.41, 5.74) is 7.08. The number of amides is 1. The number of hydrogen-bond acceptors (Lipinski definition) is 5. The molecule has 1 aliphatic rings. The van der Waals surface area contributed by atoms with Gasteiger partial charge in [0.15, 0.2) is 0 Å². The summed E-state index contributed by atoms with van der Waals surface area (Å²) in [6, 6.07) is 3.18. The van der Waals surface area contributed by atoms with Crippen molar-refractivity contribution in [2.75, 3.05) is 0 Å². The van der Waals surface area contributed by atoms with Crippen LogP contribution in [0.3, 0.4) is 0 Å². The summed E-state index contributed by atoms with van der Waals surface area (Å²) >= 11 is 0. The Morgan fingerprint density at radius 2 is 2.00 bits per heavy atom. The molecule has 0 radical (unpaired) electrons. The summed E-state index contributed by atoms with van der Waals surface area (Å²) in [5.74, 6) is -1.30. The predicted molar refractivity (Wildman–Crippen MR) is 86.3 cm³/mol. The average Bonchev–Trinajstić information content (AvgIpc) is 3.13. The van der Waals surface area contributed by atoms with Crippen molar-refractivity contribution in [2.24, 2.45) is 0 Å². The first-order valence-corrected chi connectivity index (χ1v) is 8.06. The number of carbonyl (C=O) groups is 1. The van der Waals surface area contributed by atoms with Crippen LogP contribution in [0.2, 0.25) is 0 Å². The van der Waals surface area contributed by atoms with Crippen LogP contribution >= 0.6 is 0 Å². The van der Waals surface area contributed by atoms with Gasteiger partial charge in [0.2, 0.25) is 5.91 Å². The molecule has 2 aromatic rings. The Kier molecular flexibility index (Phi) is 4.82. The molecule has 0 bridgehead atoms. The maximum atomic E-state index is 13.9. The lowest BCUT2D eigenvalue weighted by molar-refractivity contribution is -0.123. The lowest BCUT2D eigenvalue weighted by Crippen LogP contribution is -2.45. The van der Waals surface area contributed by atoms with E-state index in [-0.39, 0.29) is 11.5 Å². The number of nitrogens with one attached hydrogen (secondary N) is 3. The van der Waals surface area contributed by atoms with Crippen molar-refractivity contribution in [3.05, 3.63) is 52.4 Å². The molecule has 3 atom stereocenters. The minimum absolute atomic E-state index is 0.0366. The minimum Gasteiger partial charge on any atom is -0.361 e. The molecule has 1 amide bonds. The number of benzene rings is 1. The number of halogens is 2. The first-order chi connectivity index (χ1) is 11.9. The van der Waals surface area contributed by atoms with E-state index in [1.54, 1.807) is 20.8 Å². The van der Waals surface area contributed by atoms with Gasteiger partial charge in [-0.3, -0.25) is 4.79 Å². The van der Waals surface area contributed by atoms with Crippen LogP contribution in [0.1, 0.15) is 47.9 Å². The molecule has 1 aromatic carbocycles. The fourth-order valence-electron chi connectivity index (χ4n) is 3.22. The first-order valence-electron chi connectivity index (χ1n) is 8.06. The van der Waals surface area contributed by atoms with E-state index >= 15 is 0 Å². The van der Waals surface area contributed by atoms with Crippen molar-refractivity contribution < 1.29 is 18.1 Å². The number of aromatic nitrogens is 1. The summed E-state index contributed by atoms with van der Waals surface area (Å²) in [5, 5.41) is 6.69. The van der Waals surface area contributed by atoms with E-state index in [0.29, 0.717) is 17.9 Å². The zero-order valence-corrected chi connectivity index (χ0v) is 14.2. The third-order valence-electron chi connectivity index (χ3n) is 4.48. The molecule has 1 saturated heterocycles. The fourth-order valence-corrected chi connectivity index (χ4v) is 3.22. The predicted octanol–water partition coefficient (Wildman–Crippen LogP) is 2.35. The average molecular weight is 350 g/mol. The first kappa shape index (κ1) is 17.5. The molecular formula is C17H20F2N4O2. The van der Waals surface area contributed by atoms with Crippen molar-refractivity contribution in [2.45, 2.75) is 45.3 Å². The highest BCUT2D eigenvalue weighted by molar-refractivity contribution is 5.83. The Balaban J connectivity index is 1.66. The van der Waals surface area contributed by atoms with E-state index in [0.717, 1.165) is 5.56 Å². The number of nitrogens with zero attached hydrogens (tertiary/aromatic N) is 1. The van der Waals surface area contributed by atoms with Gasteiger partial charge in [0, 0.05) is 17.5 Å². The quantitative estimate of drug-likeness (QED) is 0.789. The van der Waals surface area contributed by atoms with Gasteiger partial charge >= 0.3 is 0 Å². The van der Waals surface area contributed by atoms with E-state index in [2.05, 4.69) is 21.3 Å². The molecule has 8 heteroatoms. The van der Waals surface area contributed by atoms with Crippen LogP contribution in [0.15, 0.2) is 22.7 Å². The maximum Gasteiger partial charge on any atom is 0.228 e. The topological polar surface area (TPSA) is 79.2 Å². The molecule has 25 heavy (non-hydrogen) atoms. The normalized spacial score (nSPS) is 21.3. The second-order valence-electron chi connectivity index (χ2n) is 6.23. The Morgan fingerprint density at radius 1 is 1.32 bits per heavy atom. The molecule has 6 nitrogen and oxygen atoms in total. The molecule has 2 heterocycles. The third kappa shape index (κ3) is 3.40. The molecule has 0 saturated carbocycles. The number of rotatable bonds is 4. The molecule has 3 N–H and O–H groups in total. The van der Waals surface area contributed by atoms with Gasteiger partial charge in [0.05, 0.1) is 23.8 Å². The van der Waals surface area contributed by atoms with E-state index < -0.39 is 29.8 Å². The zero-order valence-electron chi connectivity index (χ0n) is 14.2. The van der Waals surface area contributed by atoms with Crippen LogP contribution in [0.5, 0.6) is 0 Å².